The number of esters is 1. The van der Waals surface area contributed by atoms with Gasteiger partial charge in [0.25, 0.3) is 5.91 Å². The summed E-state index contributed by atoms with van der Waals surface area (Å²) in [5.74, 6) is -1.66. The number of amides is 2. The van der Waals surface area contributed by atoms with Crippen LogP contribution in [-0.4, -0.2) is 35.4 Å². The Balaban J connectivity index is 1.88. The Hall–Kier alpha value is -3.15. The molecule has 0 bridgehead atoms. The highest BCUT2D eigenvalue weighted by atomic mass is 16.5. The maximum absolute atomic E-state index is 12.5. The molecule has 0 radical (unpaired) electrons. The molecule has 2 aromatic rings. The zero-order valence-electron chi connectivity index (χ0n) is 14.4. The fourth-order valence-electron chi connectivity index (χ4n) is 3.13. The number of hydrogen-bond acceptors (Lipinski definition) is 4. The first-order valence-corrected chi connectivity index (χ1v) is 8.51. The second-order valence-electron chi connectivity index (χ2n) is 5.99. The van der Waals surface area contributed by atoms with Crippen LogP contribution in [0.25, 0.3) is 0 Å². The number of rotatable bonds is 5. The molecule has 6 nitrogen and oxygen atoms in total. The fourth-order valence-corrected chi connectivity index (χ4v) is 3.13. The molecule has 1 N–H and O–H groups in total. The number of hydrazine groups is 1. The van der Waals surface area contributed by atoms with E-state index < -0.39 is 17.9 Å². The predicted molar refractivity (Wildman–Crippen MR) is 95.0 cm³/mol. The molecule has 1 heterocycles. The largest absolute Gasteiger partial charge is 0.464 e. The monoisotopic (exact) mass is 352 g/mol. The first-order chi connectivity index (χ1) is 12.6. The molecule has 2 amide bonds. The molecule has 0 saturated carbocycles. The van der Waals surface area contributed by atoms with E-state index in [1.54, 1.807) is 37.3 Å². The average Bonchev–Trinajstić information content (AvgIpc) is 3.00. The number of nitrogens with one attached hydrogen (secondary N) is 1. The first-order valence-electron chi connectivity index (χ1n) is 8.51. The zero-order chi connectivity index (χ0) is 18.5. The standard InChI is InChI=1S/C20H20N2O4/c1-2-26-20(25)18-16(14-9-5-3-6-10-14)13-17(23)22(18)21-19(24)15-11-7-4-8-12-15/h3-12,16,18H,2,13H2,1H3,(H,21,24)/t16-,18-/m0/s1. The van der Waals surface area contributed by atoms with Gasteiger partial charge in [0.1, 0.15) is 0 Å². The van der Waals surface area contributed by atoms with Gasteiger partial charge in [0.2, 0.25) is 5.91 Å². The lowest BCUT2D eigenvalue weighted by Gasteiger charge is -2.26. The van der Waals surface area contributed by atoms with Crippen molar-refractivity contribution in [3.05, 3.63) is 71.8 Å². The topological polar surface area (TPSA) is 75.7 Å². The van der Waals surface area contributed by atoms with Gasteiger partial charge in [-0.2, -0.15) is 0 Å². The molecule has 0 unspecified atom stereocenters. The Kier molecular flexibility index (Phi) is 5.31. The molecule has 26 heavy (non-hydrogen) atoms. The molecule has 1 saturated heterocycles. The second kappa shape index (κ2) is 7.82. The van der Waals surface area contributed by atoms with Crippen LogP contribution in [0.5, 0.6) is 0 Å². The lowest BCUT2D eigenvalue weighted by atomic mass is 9.92. The molecule has 1 aliphatic heterocycles. The van der Waals surface area contributed by atoms with E-state index in [1.165, 1.54) is 0 Å². The summed E-state index contributed by atoms with van der Waals surface area (Å²) < 4.78 is 5.16. The Bertz CT molecular complexity index is 792. The number of carbonyl (C=O) groups excluding carboxylic acids is 3. The molecule has 3 rings (SSSR count). The first kappa shape index (κ1) is 17.7. The highest BCUT2D eigenvalue weighted by Crippen LogP contribution is 2.34. The Morgan fingerprint density at radius 2 is 1.69 bits per heavy atom. The zero-order valence-corrected chi connectivity index (χ0v) is 14.4. The summed E-state index contributed by atoms with van der Waals surface area (Å²) in [6, 6.07) is 17.0. The summed E-state index contributed by atoms with van der Waals surface area (Å²) >= 11 is 0. The van der Waals surface area contributed by atoms with Crippen LogP contribution in [0.4, 0.5) is 0 Å². The molecule has 0 aliphatic carbocycles. The molecule has 1 fully saturated rings. The van der Waals surface area contributed by atoms with Crippen molar-refractivity contribution in [2.45, 2.75) is 25.3 Å². The van der Waals surface area contributed by atoms with E-state index in [0.717, 1.165) is 10.6 Å². The van der Waals surface area contributed by atoms with E-state index in [-0.39, 0.29) is 24.9 Å². The lowest BCUT2D eigenvalue weighted by molar-refractivity contribution is -0.153. The van der Waals surface area contributed by atoms with Crippen molar-refractivity contribution in [2.24, 2.45) is 0 Å². The van der Waals surface area contributed by atoms with Crippen LogP contribution in [0.1, 0.15) is 35.2 Å². The van der Waals surface area contributed by atoms with Crippen LogP contribution in [-0.2, 0) is 14.3 Å². The van der Waals surface area contributed by atoms with Crippen LogP contribution >= 0.6 is 0 Å². The van der Waals surface area contributed by atoms with E-state index >= 15 is 0 Å². The summed E-state index contributed by atoms with van der Waals surface area (Å²) in [6.45, 7) is 1.91. The molecule has 134 valence electrons. The van der Waals surface area contributed by atoms with Gasteiger partial charge in [0, 0.05) is 17.9 Å². The highest BCUT2D eigenvalue weighted by Gasteiger charge is 2.46. The van der Waals surface area contributed by atoms with Gasteiger partial charge in [-0.15, -0.1) is 0 Å². The van der Waals surface area contributed by atoms with Gasteiger partial charge in [-0.25, -0.2) is 9.80 Å². The van der Waals surface area contributed by atoms with E-state index in [4.69, 9.17) is 4.74 Å². The summed E-state index contributed by atoms with van der Waals surface area (Å²) in [4.78, 5) is 37.5. The van der Waals surface area contributed by atoms with E-state index in [2.05, 4.69) is 5.43 Å². The number of ether oxygens (including phenoxy) is 1. The molecule has 6 heteroatoms. The SMILES string of the molecule is CCOC(=O)[C@@H]1[C@H](c2ccccc2)CC(=O)N1NC(=O)c1ccccc1. The molecule has 0 spiro atoms. The van der Waals surface area contributed by atoms with Crippen molar-refractivity contribution in [1.82, 2.24) is 10.4 Å². The summed E-state index contributed by atoms with van der Waals surface area (Å²) in [7, 11) is 0. The fraction of sp³-hybridized carbons (Fsp3) is 0.250. The van der Waals surface area contributed by atoms with Crippen molar-refractivity contribution in [3.8, 4) is 0 Å². The van der Waals surface area contributed by atoms with Crippen molar-refractivity contribution in [1.29, 1.82) is 0 Å². The molecule has 2 aromatic carbocycles. The normalized spacial score (nSPS) is 19.3. The number of carbonyl (C=O) groups is 3. The molecule has 0 aromatic heterocycles. The quantitative estimate of drug-likeness (QED) is 0.838. The van der Waals surface area contributed by atoms with Crippen LogP contribution in [0, 0.1) is 0 Å². The third kappa shape index (κ3) is 3.59. The molecule has 1 aliphatic rings. The second-order valence-corrected chi connectivity index (χ2v) is 5.99. The van der Waals surface area contributed by atoms with E-state index in [1.807, 2.05) is 30.3 Å². The van der Waals surface area contributed by atoms with Crippen LogP contribution in [0.3, 0.4) is 0 Å². The third-order valence-corrected chi connectivity index (χ3v) is 4.34. The third-order valence-electron chi connectivity index (χ3n) is 4.34. The smallest absolute Gasteiger partial charge is 0.331 e. The minimum absolute atomic E-state index is 0.128. The van der Waals surface area contributed by atoms with Gasteiger partial charge in [-0.3, -0.25) is 15.0 Å². The van der Waals surface area contributed by atoms with Gasteiger partial charge < -0.3 is 4.74 Å². The summed E-state index contributed by atoms with van der Waals surface area (Å²) in [6.07, 6.45) is 0.128. The van der Waals surface area contributed by atoms with Crippen molar-refractivity contribution in [3.63, 3.8) is 0 Å². The Labute approximate surface area is 151 Å². The molecule has 2 atom stereocenters. The average molecular weight is 352 g/mol. The van der Waals surface area contributed by atoms with Gasteiger partial charge in [-0.1, -0.05) is 48.5 Å². The van der Waals surface area contributed by atoms with E-state index in [9.17, 15) is 14.4 Å². The molecular formula is C20H20N2O4. The van der Waals surface area contributed by atoms with Gasteiger partial charge in [-0.05, 0) is 24.6 Å². The minimum Gasteiger partial charge on any atom is -0.464 e. The number of nitrogens with zero attached hydrogens (tertiary/aromatic N) is 1. The van der Waals surface area contributed by atoms with Gasteiger partial charge >= 0.3 is 5.97 Å². The predicted octanol–water partition coefficient (Wildman–Crippen LogP) is 2.28. The Morgan fingerprint density at radius 3 is 2.31 bits per heavy atom. The lowest BCUT2D eigenvalue weighted by Crippen LogP contribution is -2.52. The van der Waals surface area contributed by atoms with Crippen molar-refractivity contribution < 1.29 is 19.1 Å². The number of hydrogen-bond donors (Lipinski definition) is 1. The summed E-state index contributed by atoms with van der Waals surface area (Å²) in [5, 5.41) is 1.12. The molecular weight excluding hydrogens is 332 g/mol. The van der Waals surface area contributed by atoms with Crippen LogP contribution in [0.15, 0.2) is 60.7 Å². The van der Waals surface area contributed by atoms with Gasteiger partial charge in [0.15, 0.2) is 6.04 Å². The van der Waals surface area contributed by atoms with E-state index in [0.29, 0.717) is 5.56 Å². The maximum atomic E-state index is 12.5. The van der Waals surface area contributed by atoms with Crippen LogP contribution in [0.2, 0.25) is 0 Å². The van der Waals surface area contributed by atoms with Crippen molar-refractivity contribution in [2.75, 3.05) is 6.61 Å². The van der Waals surface area contributed by atoms with Crippen molar-refractivity contribution >= 4 is 17.8 Å². The summed E-state index contributed by atoms with van der Waals surface area (Å²) in [5.41, 5.74) is 3.84. The Morgan fingerprint density at radius 1 is 1.08 bits per heavy atom. The maximum Gasteiger partial charge on any atom is 0.331 e. The highest BCUT2D eigenvalue weighted by molar-refractivity contribution is 5.97. The number of benzene rings is 2. The van der Waals surface area contributed by atoms with Gasteiger partial charge in [0.05, 0.1) is 6.61 Å². The minimum atomic E-state index is -0.891. The van der Waals surface area contributed by atoms with Crippen LogP contribution < -0.4 is 5.43 Å².